The number of aliphatic carboxylic acids is 1. The summed E-state index contributed by atoms with van der Waals surface area (Å²) < 4.78 is 0. The molecule has 2 atom stereocenters. The highest BCUT2D eigenvalue weighted by Crippen LogP contribution is 2.58. The molecular weight excluding hydrogens is 246 g/mol. The molecule has 0 unspecified atom stereocenters. The van der Waals surface area contributed by atoms with E-state index in [9.17, 15) is 4.79 Å². The van der Waals surface area contributed by atoms with E-state index >= 15 is 0 Å². The molecule has 0 aliphatic heterocycles. The van der Waals surface area contributed by atoms with Gasteiger partial charge in [-0.3, -0.25) is 4.79 Å². The van der Waals surface area contributed by atoms with Crippen LogP contribution in [0.5, 0.6) is 0 Å². The Morgan fingerprint density at radius 2 is 2.31 bits per heavy atom. The number of thiophene rings is 1. The third-order valence-corrected chi connectivity index (χ3v) is 4.80. The third kappa shape index (κ3) is 1.97. The molecule has 0 spiro atoms. The molecule has 1 aliphatic rings. The Morgan fingerprint density at radius 1 is 1.69 bits per heavy atom. The average Bonchev–Trinajstić information content (AvgIpc) is 2.81. The van der Waals surface area contributed by atoms with Crippen LogP contribution >= 0.6 is 22.9 Å². The molecule has 88 valence electrons. The standard InChI is InChI=1S/C11H14ClNO2S/c1-11(3-4-11)7(8(13)10(14)15)9-6(12)2-5-16-9/h2,5,7-8H,3-4,13H2,1H3,(H,14,15)/t7-,8+/m0/s1. The summed E-state index contributed by atoms with van der Waals surface area (Å²) in [5.74, 6) is -1.12. The van der Waals surface area contributed by atoms with Gasteiger partial charge in [-0.2, -0.15) is 0 Å². The van der Waals surface area contributed by atoms with Crippen LogP contribution in [0.25, 0.3) is 0 Å². The number of halogens is 1. The molecule has 0 amide bonds. The van der Waals surface area contributed by atoms with Crippen molar-refractivity contribution in [2.45, 2.75) is 31.7 Å². The van der Waals surface area contributed by atoms with Crippen LogP contribution in [0.15, 0.2) is 11.4 Å². The predicted molar refractivity (Wildman–Crippen MR) is 65.0 cm³/mol. The fraction of sp³-hybridized carbons (Fsp3) is 0.545. The molecule has 2 rings (SSSR count). The monoisotopic (exact) mass is 259 g/mol. The van der Waals surface area contributed by atoms with Crippen LogP contribution < -0.4 is 5.73 Å². The van der Waals surface area contributed by atoms with Gasteiger partial charge in [-0.05, 0) is 29.7 Å². The lowest BCUT2D eigenvalue weighted by molar-refractivity contribution is -0.139. The zero-order chi connectivity index (χ0) is 11.9. The number of carboxylic acids is 1. The number of nitrogens with two attached hydrogens (primary N) is 1. The van der Waals surface area contributed by atoms with E-state index in [1.54, 1.807) is 6.07 Å². The zero-order valence-corrected chi connectivity index (χ0v) is 10.5. The van der Waals surface area contributed by atoms with E-state index in [4.69, 9.17) is 22.4 Å². The summed E-state index contributed by atoms with van der Waals surface area (Å²) in [6.45, 7) is 2.08. The molecule has 0 saturated heterocycles. The average molecular weight is 260 g/mol. The van der Waals surface area contributed by atoms with Crippen molar-refractivity contribution in [1.29, 1.82) is 0 Å². The van der Waals surface area contributed by atoms with E-state index < -0.39 is 12.0 Å². The van der Waals surface area contributed by atoms with Crippen LogP contribution in [0, 0.1) is 5.41 Å². The Morgan fingerprint density at radius 3 is 2.69 bits per heavy atom. The summed E-state index contributed by atoms with van der Waals surface area (Å²) >= 11 is 7.57. The van der Waals surface area contributed by atoms with Gasteiger partial charge >= 0.3 is 5.97 Å². The van der Waals surface area contributed by atoms with Gasteiger partial charge in [0.1, 0.15) is 6.04 Å². The molecule has 1 saturated carbocycles. The van der Waals surface area contributed by atoms with Crippen molar-refractivity contribution in [2.75, 3.05) is 0 Å². The van der Waals surface area contributed by atoms with Gasteiger partial charge in [0, 0.05) is 10.8 Å². The molecule has 1 aliphatic carbocycles. The Kier molecular flexibility index (Phi) is 2.99. The first-order valence-electron chi connectivity index (χ1n) is 5.17. The van der Waals surface area contributed by atoms with Crippen LogP contribution in [0.1, 0.15) is 30.6 Å². The normalized spacial score (nSPS) is 21.4. The molecule has 1 aromatic heterocycles. The lowest BCUT2D eigenvalue weighted by Gasteiger charge is -2.26. The minimum absolute atomic E-state index is 0.00625. The van der Waals surface area contributed by atoms with Crippen molar-refractivity contribution in [3.63, 3.8) is 0 Å². The van der Waals surface area contributed by atoms with Crippen molar-refractivity contribution in [2.24, 2.45) is 11.1 Å². The van der Waals surface area contributed by atoms with E-state index in [-0.39, 0.29) is 11.3 Å². The van der Waals surface area contributed by atoms with Gasteiger partial charge in [0.05, 0.1) is 5.02 Å². The quantitative estimate of drug-likeness (QED) is 0.874. The maximum atomic E-state index is 11.1. The molecule has 3 nitrogen and oxygen atoms in total. The second-order valence-corrected chi connectivity index (χ2v) is 5.98. The highest BCUT2D eigenvalue weighted by molar-refractivity contribution is 7.10. The van der Waals surface area contributed by atoms with Crippen LogP contribution in [-0.2, 0) is 4.79 Å². The second kappa shape index (κ2) is 4.02. The fourth-order valence-electron chi connectivity index (χ4n) is 2.09. The Labute approximate surface area is 103 Å². The SMILES string of the molecule is CC1([C@H](c2sccc2Cl)[C@@H](N)C(=O)O)CC1. The summed E-state index contributed by atoms with van der Waals surface area (Å²) in [5.41, 5.74) is 5.80. The maximum Gasteiger partial charge on any atom is 0.321 e. The van der Waals surface area contributed by atoms with E-state index in [1.165, 1.54) is 11.3 Å². The van der Waals surface area contributed by atoms with Gasteiger partial charge < -0.3 is 10.8 Å². The summed E-state index contributed by atoms with van der Waals surface area (Å²) in [5, 5.41) is 11.6. The molecule has 3 N–H and O–H groups in total. The van der Waals surface area contributed by atoms with Gasteiger partial charge in [0.2, 0.25) is 0 Å². The smallest absolute Gasteiger partial charge is 0.321 e. The molecule has 0 aromatic carbocycles. The van der Waals surface area contributed by atoms with E-state index in [0.29, 0.717) is 5.02 Å². The summed E-state index contributed by atoms with van der Waals surface area (Å²) in [4.78, 5) is 12.0. The maximum absolute atomic E-state index is 11.1. The first-order valence-corrected chi connectivity index (χ1v) is 6.43. The van der Waals surface area contributed by atoms with Crippen molar-refractivity contribution < 1.29 is 9.90 Å². The van der Waals surface area contributed by atoms with Gasteiger partial charge in [-0.15, -0.1) is 11.3 Å². The number of rotatable bonds is 4. The first-order chi connectivity index (χ1) is 7.46. The minimum atomic E-state index is -0.956. The van der Waals surface area contributed by atoms with Crippen LogP contribution in [0.4, 0.5) is 0 Å². The lowest BCUT2D eigenvalue weighted by Crippen LogP contribution is -2.39. The summed E-state index contributed by atoms with van der Waals surface area (Å²) in [7, 11) is 0. The number of carbonyl (C=O) groups is 1. The van der Waals surface area contributed by atoms with Crippen LogP contribution in [-0.4, -0.2) is 17.1 Å². The topological polar surface area (TPSA) is 63.3 Å². The van der Waals surface area contributed by atoms with Crippen molar-refractivity contribution >= 4 is 28.9 Å². The number of hydrogen-bond acceptors (Lipinski definition) is 3. The molecule has 1 fully saturated rings. The highest BCUT2D eigenvalue weighted by Gasteiger charge is 2.50. The summed E-state index contributed by atoms with van der Waals surface area (Å²) in [6.07, 6.45) is 2.04. The molecule has 16 heavy (non-hydrogen) atoms. The largest absolute Gasteiger partial charge is 0.480 e. The molecule has 0 bridgehead atoms. The first kappa shape index (κ1) is 11.9. The molecule has 1 heterocycles. The van der Waals surface area contributed by atoms with Gasteiger partial charge in [0.25, 0.3) is 0 Å². The summed E-state index contributed by atoms with van der Waals surface area (Å²) in [6, 6.07) is 0.929. The van der Waals surface area contributed by atoms with Gasteiger partial charge in [-0.1, -0.05) is 18.5 Å². The second-order valence-electron chi connectivity index (χ2n) is 4.63. The Hall–Kier alpha value is -0.580. The molecule has 1 aromatic rings. The van der Waals surface area contributed by atoms with E-state index in [1.807, 2.05) is 5.38 Å². The third-order valence-electron chi connectivity index (χ3n) is 3.36. The number of carboxylic acid groups (broad SMARTS) is 1. The highest BCUT2D eigenvalue weighted by atomic mass is 35.5. The predicted octanol–water partition coefficient (Wildman–Crippen LogP) is 2.70. The van der Waals surface area contributed by atoms with Gasteiger partial charge in [-0.25, -0.2) is 0 Å². The zero-order valence-electron chi connectivity index (χ0n) is 8.94. The molecule has 5 heteroatoms. The van der Waals surface area contributed by atoms with E-state index in [0.717, 1.165) is 17.7 Å². The number of hydrogen-bond donors (Lipinski definition) is 2. The minimum Gasteiger partial charge on any atom is -0.480 e. The van der Waals surface area contributed by atoms with Gasteiger partial charge in [0.15, 0.2) is 0 Å². The Bertz CT molecular complexity index is 414. The van der Waals surface area contributed by atoms with Crippen LogP contribution in [0.2, 0.25) is 5.02 Å². The van der Waals surface area contributed by atoms with Crippen molar-refractivity contribution in [1.82, 2.24) is 0 Å². The van der Waals surface area contributed by atoms with E-state index in [2.05, 4.69) is 6.92 Å². The fourth-order valence-corrected chi connectivity index (χ4v) is 3.59. The Balaban J connectivity index is 2.36. The lowest BCUT2D eigenvalue weighted by atomic mass is 9.83. The van der Waals surface area contributed by atoms with Crippen molar-refractivity contribution in [3.05, 3.63) is 21.3 Å². The van der Waals surface area contributed by atoms with Crippen LogP contribution in [0.3, 0.4) is 0 Å². The van der Waals surface area contributed by atoms with Crippen molar-refractivity contribution in [3.8, 4) is 0 Å². The molecular formula is C11H14ClNO2S. The molecule has 0 radical (unpaired) electrons.